The molecule has 0 unspecified atom stereocenters. The first-order valence-electron chi connectivity index (χ1n) is 9.16. The van der Waals surface area contributed by atoms with Gasteiger partial charge in [-0.05, 0) is 50.9 Å². The number of piperidine rings is 1. The molecule has 8 heteroatoms. The summed E-state index contributed by atoms with van der Waals surface area (Å²) in [5, 5.41) is 3.83. The zero-order valence-electron chi connectivity index (χ0n) is 15.3. The molecule has 0 N–H and O–H groups in total. The Hall–Kier alpha value is -2.87. The third kappa shape index (κ3) is 4.28. The molecular weight excluding hydrogens is 344 g/mol. The van der Waals surface area contributed by atoms with E-state index < -0.39 is 0 Å². The highest BCUT2D eigenvalue weighted by molar-refractivity contribution is 5.56. The summed E-state index contributed by atoms with van der Waals surface area (Å²) >= 11 is 0. The number of hydrogen-bond donors (Lipinski definition) is 0. The number of pyridine rings is 1. The molecule has 1 aliphatic heterocycles. The second-order valence-electron chi connectivity index (χ2n) is 6.96. The summed E-state index contributed by atoms with van der Waals surface area (Å²) in [6.45, 7) is 5.14. The van der Waals surface area contributed by atoms with Crippen LogP contribution in [-0.2, 0) is 13.1 Å². The fourth-order valence-corrected chi connectivity index (χ4v) is 3.44. The van der Waals surface area contributed by atoms with Gasteiger partial charge in [0.15, 0.2) is 5.82 Å². The van der Waals surface area contributed by atoms with Gasteiger partial charge in [-0.3, -0.25) is 19.2 Å². The van der Waals surface area contributed by atoms with E-state index in [4.69, 9.17) is 4.52 Å². The largest absolute Gasteiger partial charge is 0.338 e. The zero-order valence-corrected chi connectivity index (χ0v) is 15.3. The first-order chi connectivity index (χ1) is 13.2. The third-order valence-corrected chi connectivity index (χ3v) is 4.93. The maximum atomic E-state index is 12.5. The molecule has 8 nitrogen and oxygen atoms in total. The normalized spacial score (nSPS) is 15.9. The molecule has 1 fully saturated rings. The molecule has 0 aliphatic carbocycles. The molecule has 0 aromatic carbocycles. The summed E-state index contributed by atoms with van der Waals surface area (Å²) in [6, 6.07) is 5.33. The minimum atomic E-state index is -0.0207. The minimum absolute atomic E-state index is 0.0207. The van der Waals surface area contributed by atoms with Crippen LogP contribution in [0.5, 0.6) is 0 Å². The fourth-order valence-electron chi connectivity index (χ4n) is 3.44. The van der Waals surface area contributed by atoms with Crippen LogP contribution in [0, 0.1) is 12.8 Å². The minimum Gasteiger partial charge on any atom is -0.338 e. The highest BCUT2D eigenvalue weighted by atomic mass is 16.5. The predicted octanol–water partition coefficient (Wildman–Crippen LogP) is 1.91. The van der Waals surface area contributed by atoms with Crippen molar-refractivity contribution in [1.29, 1.82) is 0 Å². The van der Waals surface area contributed by atoms with Crippen molar-refractivity contribution in [3.8, 4) is 11.3 Å². The van der Waals surface area contributed by atoms with Crippen LogP contribution in [0.2, 0.25) is 0 Å². The Labute approximate surface area is 156 Å². The van der Waals surface area contributed by atoms with E-state index in [0.29, 0.717) is 36.4 Å². The topological polar surface area (TPSA) is 89.9 Å². The maximum Gasteiger partial charge on any atom is 0.253 e. The van der Waals surface area contributed by atoms with Crippen molar-refractivity contribution in [1.82, 2.24) is 29.6 Å². The summed E-state index contributed by atoms with van der Waals surface area (Å²) in [4.78, 5) is 27.5. The van der Waals surface area contributed by atoms with E-state index in [1.165, 1.54) is 0 Å². The van der Waals surface area contributed by atoms with Crippen LogP contribution in [0.25, 0.3) is 11.3 Å². The number of rotatable bonds is 5. The molecule has 0 bridgehead atoms. The predicted molar refractivity (Wildman–Crippen MR) is 98.8 cm³/mol. The van der Waals surface area contributed by atoms with Crippen molar-refractivity contribution in [2.45, 2.75) is 32.9 Å². The van der Waals surface area contributed by atoms with Crippen LogP contribution in [0.4, 0.5) is 0 Å². The highest BCUT2D eigenvalue weighted by Crippen LogP contribution is 2.20. The summed E-state index contributed by atoms with van der Waals surface area (Å²) < 4.78 is 6.90. The van der Waals surface area contributed by atoms with E-state index in [9.17, 15) is 4.79 Å². The van der Waals surface area contributed by atoms with Gasteiger partial charge in [0.2, 0.25) is 5.89 Å². The van der Waals surface area contributed by atoms with Crippen molar-refractivity contribution in [2.24, 2.45) is 5.92 Å². The molecule has 1 saturated heterocycles. The van der Waals surface area contributed by atoms with Gasteiger partial charge < -0.3 is 4.52 Å². The third-order valence-electron chi connectivity index (χ3n) is 4.93. The summed E-state index contributed by atoms with van der Waals surface area (Å²) in [5.74, 6) is 1.80. The Kier molecular flexibility index (Phi) is 5.06. The average Bonchev–Trinajstić information content (AvgIpc) is 3.10. The van der Waals surface area contributed by atoms with Gasteiger partial charge in [0.25, 0.3) is 5.56 Å². The van der Waals surface area contributed by atoms with Crippen LogP contribution in [0.1, 0.15) is 24.6 Å². The monoisotopic (exact) mass is 366 g/mol. The van der Waals surface area contributed by atoms with Gasteiger partial charge >= 0.3 is 0 Å². The van der Waals surface area contributed by atoms with Gasteiger partial charge in [-0.1, -0.05) is 5.16 Å². The molecule has 4 heterocycles. The number of hydrogen-bond acceptors (Lipinski definition) is 7. The number of likely N-dealkylation sites (tertiary alicyclic amines) is 1. The molecule has 0 saturated carbocycles. The van der Waals surface area contributed by atoms with Crippen LogP contribution < -0.4 is 5.56 Å². The molecule has 1 aliphatic rings. The molecule has 3 aromatic rings. The van der Waals surface area contributed by atoms with Crippen LogP contribution in [-0.4, -0.2) is 42.7 Å². The van der Waals surface area contributed by atoms with Crippen molar-refractivity contribution < 1.29 is 4.52 Å². The zero-order chi connectivity index (χ0) is 18.6. The van der Waals surface area contributed by atoms with E-state index in [2.05, 4.69) is 25.0 Å². The maximum absolute atomic E-state index is 12.5. The van der Waals surface area contributed by atoms with E-state index in [-0.39, 0.29) is 5.56 Å². The average molecular weight is 366 g/mol. The van der Waals surface area contributed by atoms with Crippen LogP contribution >= 0.6 is 0 Å². The highest BCUT2D eigenvalue weighted by Gasteiger charge is 2.21. The van der Waals surface area contributed by atoms with E-state index >= 15 is 0 Å². The Morgan fingerprint density at radius 1 is 1.30 bits per heavy atom. The van der Waals surface area contributed by atoms with E-state index in [1.807, 2.05) is 19.1 Å². The molecule has 0 spiro atoms. The van der Waals surface area contributed by atoms with Gasteiger partial charge in [-0.15, -0.1) is 0 Å². The van der Waals surface area contributed by atoms with Crippen LogP contribution in [0.3, 0.4) is 0 Å². The molecule has 27 heavy (non-hydrogen) atoms. The Morgan fingerprint density at radius 3 is 2.81 bits per heavy atom. The van der Waals surface area contributed by atoms with Crippen molar-refractivity contribution in [3.05, 3.63) is 59.0 Å². The molecule has 0 atom stereocenters. The second kappa shape index (κ2) is 7.79. The lowest BCUT2D eigenvalue weighted by molar-refractivity contribution is 0.150. The number of aromatic nitrogens is 5. The fraction of sp³-hybridized carbons (Fsp3) is 0.421. The van der Waals surface area contributed by atoms with Crippen LogP contribution in [0.15, 0.2) is 46.2 Å². The molecule has 3 aromatic heterocycles. The van der Waals surface area contributed by atoms with E-state index in [1.54, 1.807) is 29.4 Å². The van der Waals surface area contributed by atoms with Gasteiger partial charge in [-0.25, -0.2) is 4.98 Å². The van der Waals surface area contributed by atoms with Gasteiger partial charge in [0, 0.05) is 30.6 Å². The Bertz CT molecular complexity index is 944. The lowest BCUT2D eigenvalue weighted by atomic mass is 9.96. The van der Waals surface area contributed by atoms with Gasteiger partial charge in [0.05, 0.1) is 18.6 Å². The standard InChI is InChI=1S/C19H22N6O2/c1-14-22-18(27-23-14)12-24-7-4-15(5-8-24)11-25-13-21-17(9-19(25)26)16-3-2-6-20-10-16/h2-3,6,9-10,13,15H,4-5,7-8,11-12H2,1H3. The SMILES string of the molecule is Cc1noc(CN2CCC(Cn3cnc(-c4cccnc4)cc3=O)CC2)n1. The van der Waals surface area contributed by atoms with E-state index in [0.717, 1.165) is 31.5 Å². The molecular formula is C19H22N6O2. The van der Waals surface area contributed by atoms with Gasteiger partial charge in [0.1, 0.15) is 0 Å². The van der Waals surface area contributed by atoms with Crippen molar-refractivity contribution in [3.63, 3.8) is 0 Å². The lowest BCUT2D eigenvalue weighted by Crippen LogP contribution is -2.36. The lowest BCUT2D eigenvalue weighted by Gasteiger charge is -2.31. The molecule has 0 radical (unpaired) electrons. The Balaban J connectivity index is 1.34. The first-order valence-corrected chi connectivity index (χ1v) is 9.16. The smallest absolute Gasteiger partial charge is 0.253 e. The first kappa shape index (κ1) is 17.5. The summed E-state index contributed by atoms with van der Waals surface area (Å²) in [5.41, 5.74) is 1.49. The summed E-state index contributed by atoms with van der Waals surface area (Å²) in [7, 11) is 0. The Morgan fingerprint density at radius 2 is 2.15 bits per heavy atom. The number of nitrogens with zero attached hydrogens (tertiary/aromatic N) is 6. The molecule has 0 amide bonds. The number of aryl methyl sites for hydroxylation is 1. The van der Waals surface area contributed by atoms with Crippen molar-refractivity contribution in [2.75, 3.05) is 13.1 Å². The van der Waals surface area contributed by atoms with Crippen molar-refractivity contribution >= 4 is 0 Å². The second-order valence-corrected chi connectivity index (χ2v) is 6.96. The summed E-state index contributed by atoms with van der Waals surface area (Å²) in [6.07, 6.45) is 7.13. The van der Waals surface area contributed by atoms with Gasteiger partial charge in [-0.2, -0.15) is 4.98 Å². The quantitative estimate of drug-likeness (QED) is 0.681. The molecule has 140 valence electrons. The molecule has 4 rings (SSSR count).